The van der Waals surface area contributed by atoms with Crippen molar-refractivity contribution in [2.75, 3.05) is 36.6 Å². The van der Waals surface area contributed by atoms with Crippen molar-refractivity contribution in [3.63, 3.8) is 0 Å². The zero-order valence-corrected chi connectivity index (χ0v) is 19.1. The Labute approximate surface area is 191 Å². The molecule has 0 atom stereocenters. The topological polar surface area (TPSA) is 129 Å². The number of carbonyl (C=O) groups is 1. The first kappa shape index (κ1) is 22.4. The van der Waals surface area contributed by atoms with Crippen molar-refractivity contribution in [3.05, 3.63) is 52.5 Å². The third-order valence-corrected chi connectivity index (χ3v) is 5.37. The van der Waals surface area contributed by atoms with E-state index in [1.54, 1.807) is 44.7 Å². The summed E-state index contributed by atoms with van der Waals surface area (Å²) in [6.07, 6.45) is 1.58. The number of amides is 1. The molecule has 1 heterocycles. The van der Waals surface area contributed by atoms with Crippen LogP contribution < -0.4 is 26.1 Å². The number of anilines is 2. The van der Waals surface area contributed by atoms with Crippen molar-refractivity contribution in [2.24, 2.45) is 5.10 Å². The lowest BCUT2D eigenvalue weighted by Gasteiger charge is -2.06. The molecule has 0 radical (unpaired) electrons. The third-order valence-electron chi connectivity index (χ3n) is 3.93. The molecule has 1 amide bonds. The summed E-state index contributed by atoms with van der Waals surface area (Å²) in [7, 11) is 3.16. The van der Waals surface area contributed by atoms with Crippen molar-refractivity contribution < 1.29 is 14.3 Å². The Kier molecular flexibility index (Phi) is 7.73. The normalized spacial score (nSPS) is 10.8. The van der Waals surface area contributed by atoms with Gasteiger partial charge in [-0.15, -0.1) is 10.2 Å². The van der Waals surface area contributed by atoms with Gasteiger partial charge in [0.1, 0.15) is 11.5 Å². The van der Waals surface area contributed by atoms with Gasteiger partial charge in [-0.3, -0.25) is 4.79 Å². The second kappa shape index (κ2) is 10.7. The molecule has 0 saturated carbocycles. The minimum Gasteiger partial charge on any atom is -0.497 e. The molecule has 4 N–H and O–H groups in total. The number of halogens is 1. The molecule has 0 fully saturated rings. The van der Waals surface area contributed by atoms with Gasteiger partial charge in [-0.25, -0.2) is 10.1 Å². The van der Waals surface area contributed by atoms with Gasteiger partial charge in [-0.2, -0.15) is 5.10 Å². The maximum absolute atomic E-state index is 12.2. The van der Waals surface area contributed by atoms with Gasteiger partial charge in [0.05, 0.1) is 26.2 Å². The quantitative estimate of drug-likeness (QED) is 0.175. The fourth-order valence-corrected chi connectivity index (χ4v) is 3.45. The average molecular weight is 506 g/mol. The predicted molar refractivity (Wildman–Crippen MR) is 124 cm³/mol. The second-order valence-electron chi connectivity index (χ2n) is 6.00. The number of hydrogen-bond donors (Lipinski definition) is 3. The lowest BCUT2D eigenvalue weighted by molar-refractivity contribution is -0.113. The van der Waals surface area contributed by atoms with Crippen LogP contribution in [0.25, 0.3) is 0 Å². The highest BCUT2D eigenvalue weighted by Gasteiger charge is 2.12. The molecule has 31 heavy (non-hydrogen) atoms. The molecule has 3 rings (SSSR count). The molecular formula is C19H20BrN7O3S. The SMILES string of the molecule is COc1ccc(NC(=O)CSc2nnc(N/N=C/c3cc(Br)ccc3OC)n2N)cc1. The first-order chi connectivity index (χ1) is 15.0. The Morgan fingerprint density at radius 3 is 2.71 bits per heavy atom. The van der Waals surface area contributed by atoms with Crippen LogP contribution in [-0.4, -0.2) is 47.0 Å². The molecule has 0 aliphatic heterocycles. The highest BCUT2D eigenvalue weighted by molar-refractivity contribution is 9.10. The molecule has 0 saturated heterocycles. The average Bonchev–Trinajstić information content (AvgIpc) is 3.12. The van der Waals surface area contributed by atoms with Gasteiger partial charge in [0, 0.05) is 15.7 Å². The van der Waals surface area contributed by atoms with Crippen molar-refractivity contribution in [1.82, 2.24) is 14.9 Å². The van der Waals surface area contributed by atoms with E-state index in [1.807, 2.05) is 18.2 Å². The van der Waals surface area contributed by atoms with E-state index in [4.69, 9.17) is 15.3 Å². The van der Waals surface area contributed by atoms with Crippen LogP contribution in [0.5, 0.6) is 11.5 Å². The Morgan fingerprint density at radius 1 is 1.23 bits per heavy atom. The summed E-state index contributed by atoms with van der Waals surface area (Å²) in [5, 5.41) is 15.2. The van der Waals surface area contributed by atoms with E-state index in [1.165, 1.54) is 4.68 Å². The number of carbonyl (C=O) groups excluding carboxylic acids is 1. The fraction of sp³-hybridized carbons (Fsp3) is 0.158. The lowest BCUT2D eigenvalue weighted by Crippen LogP contribution is -2.16. The number of hydrazone groups is 1. The van der Waals surface area contributed by atoms with E-state index >= 15 is 0 Å². The Bertz CT molecular complexity index is 1070. The zero-order valence-electron chi connectivity index (χ0n) is 16.7. The lowest BCUT2D eigenvalue weighted by atomic mass is 10.2. The smallest absolute Gasteiger partial charge is 0.264 e. The summed E-state index contributed by atoms with van der Waals surface area (Å²) in [5.41, 5.74) is 4.16. The number of rotatable bonds is 9. The number of methoxy groups -OCH3 is 2. The van der Waals surface area contributed by atoms with Crippen LogP contribution >= 0.6 is 27.7 Å². The number of nitrogens with one attached hydrogen (secondary N) is 2. The predicted octanol–water partition coefficient (Wildman–Crippen LogP) is 2.95. The zero-order chi connectivity index (χ0) is 22.2. The van der Waals surface area contributed by atoms with Gasteiger partial charge >= 0.3 is 0 Å². The van der Waals surface area contributed by atoms with Crippen LogP contribution in [0.2, 0.25) is 0 Å². The Morgan fingerprint density at radius 2 is 2.00 bits per heavy atom. The molecule has 0 bridgehead atoms. The molecule has 12 heteroatoms. The van der Waals surface area contributed by atoms with E-state index in [0.717, 1.165) is 21.8 Å². The van der Waals surface area contributed by atoms with Gasteiger partial charge in [0.25, 0.3) is 5.95 Å². The number of benzene rings is 2. The van der Waals surface area contributed by atoms with E-state index < -0.39 is 0 Å². The highest BCUT2D eigenvalue weighted by atomic mass is 79.9. The van der Waals surface area contributed by atoms with Crippen LogP contribution in [0, 0.1) is 0 Å². The van der Waals surface area contributed by atoms with E-state index in [2.05, 4.69) is 42.0 Å². The van der Waals surface area contributed by atoms with E-state index in [0.29, 0.717) is 22.3 Å². The number of aromatic nitrogens is 3. The molecular weight excluding hydrogens is 486 g/mol. The van der Waals surface area contributed by atoms with Gasteiger partial charge < -0.3 is 20.6 Å². The van der Waals surface area contributed by atoms with Gasteiger partial charge in [0.15, 0.2) is 0 Å². The molecule has 162 valence electrons. The standard InChI is InChI=1S/C19H20BrN7O3S/c1-29-15-6-4-14(5-7-15)23-17(28)11-31-19-26-25-18(27(19)21)24-22-10-12-9-13(20)3-8-16(12)30-2/h3-10H,11,21H2,1-2H3,(H,23,28)(H,24,25)/b22-10+. The van der Waals surface area contributed by atoms with Crippen LogP contribution in [-0.2, 0) is 4.79 Å². The summed E-state index contributed by atoms with van der Waals surface area (Å²) in [5.74, 6) is 7.51. The second-order valence-corrected chi connectivity index (χ2v) is 7.86. The molecule has 0 spiro atoms. The molecule has 0 aliphatic rings. The molecule has 3 aromatic rings. The Balaban J connectivity index is 1.55. The molecule has 10 nitrogen and oxygen atoms in total. The highest BCUT2D eigenvalue weighted by Crippen LogP contribution is 2.22. The maximum Gasteiger partial charge on any atom is 0.264 e. The van der Waals surface area contributed by atoms with Gasteiger partial charge in [0.2, 0.25) is 11.1 Å². The summed E-state index contributed by atoms with van der Waals surface area (Å²) in [4.78, 5) is 12.2. The van der Waals surface area contributed by atoms with Gasteiger partial charge in [-0.1, -0.05) is 27.7 Å². The van der Waals surface area contributed by atoms with Crippen LogP contribution in [0.3, 0.4) is 0 Å². The van der Waals surface area contributed by atoms with Crippen LogP contribution in [0.1, 0.15) is 5.56 Å². The number of nitrogen functional groups attached to an aromatic ring is 1. The summed E-state index contributed by atoms with van der Waals surface area (Å²) < 4.78 is 12.5. The monoisotopic (exact) mass is 505 g/mol. The largest absolute Gasteiger partial charge is 0.497 e. The first-order valence-corrected chi connectivity index (χ1v) is 10.7. The molecule has 0 unspecified atom stereocenters. The summed E-state index contributed by atoms with van der Waals surface area (Å²) in [6.45, 7) is 0. The molecule has 0 aliphatic carbocycles. The van der Waals surface area contributed by atoms with Gasteiger partial charge in [-0.05, 0) is 42.5 Å². The summed E-state index contributed by atoms with van der Waals surface area (Å²) >= 11 is 4.56. The summed E-state index contributed by atoms with van der Waals surface area (Å²) in [6, 6.07) is 12.6. The van der Waals surface area contributed by atoms with E-state index in [-0.39, 0.29) is 17.6 Å². The number of thioether (sulfide) groups is 1. The minimum atomic E-state index is -0.201. The molecule has 1 aromatic heterocycles. The van der Waals surface area contributed by atoms with Crippen LogP contribution in [0.4, 0.5) is 11.6 Å². The maximum atomic E-state index is 12.2. The van der Waals surface area contributed by atoms with Crippen molar-refractivity contribution in [2.45, 2.75) is 5.16 Å². The molecule has 2 aromatic carbocycles. The fourth-order valence-electron chi connectivity index (χ4n) is 2.42. The van der Waals surface area contributed by atoms with E-state index in [9.17, 15) is 4.79 Å². The number of ether oxygens (including phenoxy) is 2. The number of hydrogen-bond acceptors (Lipinski definition) is 9. The van der Waals surface area contributed by atoms with Crippen molar-refractivity contribution >= 4 is 51.4 Å². The van der Waals surface area contributed by atoms with Crippen molar-refractivity contribution in [3.8, 4) is 11.5 Å². The minimum absolute atomic E-state index is 0.111. The third kappa shape index (κ3) is 6.12. The Hall–Kier alpha value is -3.25. The number of nitrogens with zero attached hydrogens (tertiary/aromatic N) is 4. The first-order valence-electron chi connectivity index (χ1n) is 8.90. The number of nitrogens with two attached hydrogens (primary N) is 1. The van der Waals surface area contributed by atoms with Crippen molar-refractivity contribution in [1.29, 1.82) is 0 Å². The van der Waals surface area contributed by atoms with Crippen LogP contribution in [0.15, 0.2) is 57.2 Å².